The van der Waals surface area contributed by atoms with Crippen LogP contribution in [0.1, 0.15) is 25.0 Å². The molecule has 2 N–H and O–H groups in total. The van der Waals surface area contributed by atoms with Gasteiger partial charge >= 0.3 is 6.03 Å². The number of rotatable bonds is 4. The third kappa shape index (κ3) is 3.71. The minimum Gasteiger partial charge on any atom is -0.392 e. The second-order valence-corrected chi connectivity index (χ2v) is 5.28. The number of hydrogen-bond acceptors (Lipinski definition) is 3. The lowest BCUT2D eigenvalue weighted by Crippen LogP contribution is -2.46. The highest BCUT2D eigenvalue weighted by Gasteiger charge is 2.31. The maximum absolute atomic E-state index is 12.1. The number of aliphatic hydroxyl groups excluding tert-OH is 1. The first kappa shape index (κ1) is 14.8. The van der Waals surface area contributed by atoms with Crippen LogP contribution in [0.25, 0.3) is 0 Å². The molecule has 0 aromatic heterocycles. The summed E-state index contributed by atoms with van der Waals surface area (Å²) in [5.41, 5.74) is 1.08. The summed E-state index contributed by atoms with van der Waals surface area (Å²) in [6.45, 7) is 2.62. The zero-order chi connectivity index (χ0) is 14.5. The molecule has 2 rings (SSSR count). The molecule has 20 heavy (non-hydrogen) atoms. The molecular formula is C15H22N2O3. The van der Waals surface area contributed by atoms with E-state index in [1.54, 1.807) is 14.0 Å². The van der Waals surface area contributed by atoms with E-state index in [0.29, 0.717) is 13.2 Å². The first-order chi connectivity index (χ1) is 9.58. The molecule has 5 heteroatoms. The standard InChI is InChI=1S/C15H22N2O3/c1-11(18)10-17(2)15(19)16-13-8-9-20-14(13)12-6-4-3-5-7-12/h3-7,11,13-14,18H,8-10H2,1-2H3,(H,16,19). The molecule has 0 radical (unpaired) electrons. The highest BCUT2D eigenvalue weighted by Crippen LogP contribution is 2.28. The lowest BCUT2D eigenvalue weighted by atomic mass is 10.0. The van der Waals surface area contributed by atoms with E-state index in [2.05, 4.69) is 5.32 Å². The summed E-state index contributed by atoms with van der Waals surface area (Å²) in [7, 11) is 1.68. The normalized spacial score (nSPS) is 23.4. The number of nitrogens with zero attached hydrogens (tertiary/aromatic N) is 1. The molecule has 1 fully saturated rings. The molecule has 0 spiro atoms. The lowest BCUT2D eigenvalue weighted by molar-refractivity contribution is 0.0968. The molecule has 1 aliphatic rings. The van der Waals surface area contributed by atoms with Crippen molar-refractivity contribution in [1.82, 2.24) is 10.2 Å². The van der Waals surface area contributed by atoms with Gasteiger partial charge in [-0.3, -0.25) is 0 Å². The van der Waals surface area contributed by atoms with Gasteiger partial charge in [-0.1, -0.05) is 30.3 Å². The smallest absolute Gasteiger partial charge is 0.317 e. The molecule has 0 aliphatic carbocycles. The zero-order valence-electron chi connectivity index (χ0n) is 12.0. The highest BCUT2D eigenvalue weighted by atomic mass is 16.5. The highest BCUT2D eigenvalue weighted by molar-refractivity contribution is 5.74. The van der Waals surface area contributed by atoms with Crippen molar-refractivity contribution in [3.8, 4) is 0 Å². The Balaban J connectivity index is 1.96. The zero-order valence-corrected chi connectivity index (χ0v) is 12.0. The Morgan fingerprint density at radius 2 is 2.20 bits per heavy atom. The Hall–Kier alpha value is -1.59. The third-order valence-electron chi connectivity index (χ3n) is 3.41. The maximum Gasteiger partial charge on any atom is 0.317 e. The predicted octanol–water partition coefficient (Wildman–Crippen LogP) is 1.54. The van der Waals surface area contributed by atoms with Crippen LogP contribution in [0.4, 0.5) is 4.79 Å². The number of amides is 2. The van der Waals surface area contributed by atoms with Gasteiger partial charge < -0.3 is 20.1 Å². The fraction of sp³-hybridized carbons (Fsp3) is 0.533. The van der Waals surface area contributed by atoms with Gasteiger partial charge in [0.2, 0.25) is 0 Å². The molecule has 1 aliphatic heterocycles. The van der Waals surface area contributed by atoms with Crippen molar-refractivity contribution in [2.75, 3.05) is 20.2 Å². The summed E-state index contributed by atoms with van der Waals surface area (Å²) < 4.78 is 5.73. The Bertz CT molecular complexity index is 436. The number of aliphatic hydroxyl groups is 1. The Kier molecular flexibility index (Phi) is 4.98. The van der Waals surface area contributed by atoms with Crippen molar-refractivity contribution in [3.05, 3.63) is 35.9 Å². The summed E-state index contributed by atoms with van der Waals surface area (Å²) in [5, 5.41) is 12.3. The van der Waals surface area contributed by atoms with Crippen LogP contribution in [-0.4, -0.2) is 48.4 Å². The van der Waals surface area contributed by atoms with Gasteiger partial charge in [0.1, 0.15) is 6.10 Å². The van der Waals surface area contributed by atoms with Crippen molar-refractivity contribution >= 4 is 6.03 Å². The molecule has 2 amide bonds. The second-order valence-electron chi connectivity index (χ2n) is 5.28. The number of carbonyl (C=O) groups excluding carboxylic acids is 1. The van der Waals surface area contributed by atoms with Crippen LogP contribution in [-0.2, 0) is 4.74 Å². The van der Waals surface area contributed by atoms with Crippen molar-refractivity contribution < 1.29 is 14.6 Å². The van der Waals surface area contributed by atoms with Gasteiger partial charge in [0, 0.05) is 20.2 Å². The third-order valence-corrected chi connectivity index (χ3v) is 3.41. The Labute approximate surface area is 119 Å². The maximum atomic E-state index is 12.1. The number of likely N-dealkylation sites (N-methyl/N-ethyl adjacent to an activating group) is 1. The van der Waals surface area contributed by atoms with E-state index in [1.807, 2.05) is 30.3 Å². The average molecular weight is 278 g/mol. The first-order valence-corrected chi connectivity index (χ1v) is 6.94. The number of urea groups is 1. The molecule has 5 nitrogen and oxygen atoms in total. The minimum absolute atomic E-state index is 0.0265. The van der Waals surface area contributed by atoms with Crippen molar-refractivity contribution in [2.45, 2.75) is 31.6 Å². The van der Waals surface area contributed by atoms with Crippen LogP contribution >= 0.6 is 0 Å². The van der Waals surface area contributed by atoms with Crippen molar-refractivity contribution in [1.29, 1.82) is 0 Å². The summed E-state index contributed by atoms with van der Waals surface area (Å²) in [6.07, 6.45) is 0.170. The fourth-order valence-corrected chi connectivity index (χ4v) is 2.46. The number of benzene rings is 1. The van der Waals surface area contributed by atoms with E-state index >= 15 is 0 Å². The largest absolute Gasteiger partial charge is 0.392 e. The van der Waals surface area contributed by atoms with E-state index in [9.17, 15) is 9.90 Å². The molecular weight excluding hydrogens is 256 g/mol. The molecule has 1 aromatic rings. The molecule has 1 aromatic carbocycles. The monoisotopic (exact) mass is 278 g/mol. The first-order valence-electron chi connectivity index (χ1n) is 6.94. The van der Waals surface area contributed by atoms with Crippen molar-refractivity contribution in [3.63, 3.8) is 0 Å². The fourth-order valence-electron chi connectivity index (χ4n) is 2.46. The second kappa shape index (κ2) is 6.72. The van der Waals surface area contributed by atoms with Crippen LogP contribution in [0.2, 0.25) is 0 Å². The van der Waals surface area contributed by atoms with E-state index in [4.69, 9.17) is 4.74 Å². The summed E-state index contributed by atoms with van der Waals surface area (Å²) >= 11 is 0. The molecule has 1 saturated heterocycles. The summed E-state index contributed by atoms with van der Waals surface area (Å²) in [6, 6.07) is 9.71. The quantitative estimate of drug-likeness (QED) is 0.878. The summed E-state index contributed by atoms with van der Waals surface area (Å²) in [5.74, 6) is 0. The van der Waals surface area contributed by atoms with Crippen molar-refractivity contribution in [2.24, 2.45) is 0 Å². The Morgan fingerprint density at radius 3 is 2.85 bits per heavy atom. The van der Waals surface area contributed by atoms with Gasteiger partial charge in [0.15, 0.2) is 0 Å². The molecule has 0 saturated carbocycles. The number of ether oxygens (including phenoxy) is 1. The van der Waals surface area contributed by atoms with Crippen LogP contribution < -0.4 is 5.32 Å². The van der Waals surface area contributed by atoms with Crippen LogP contribution in [0.15, 0.2) is 30.3 Å². The van der Waals surface area contributed by atoms with Gasteiger partial charge in [-0.05, 0) is 18.9 Å². The van der Waals surface area contributed by atoms with Gasteiger partial charge in [0.05, 0.1) is 12.1 Å². The molecule has 3 unspecified atom stereocenters. The van der Waals surface area contributed by atoms with Gasteiger partial charge in [-0.15, -0.1) is 0 Å². The topological polar surface area (TPSA) is 61.8 Å². The Morgan fingerprint density at radius 1 is 1.50 bits per heavy atom. The number of nitrogens with one attached hydrogen (secondary N) is 1. The lowest BCUT2D eigenvalue weighted by Gasteiger charge is -2.25. The van der Waals surface area contributed by atoms with E-state index in [1.165, 1.54) is 4.90 Å². The van der Waals surface area contributed by atoms with Gasteiger partial charge in [-0.25, -0.2) is 4.79 Å². The predicted molar refractivity (Wildman–Crippen MR) is 76.4 cm³/mol. The summed E-state index contributed by atoms with van der Waals surface area (Å²) in [4.78, 5) is 13.6. The van der Waals surface area contributed by atoms with Crippen LogP contribution in [0.5, 0.6) is 0 Å². The van der Waals surface area contributed by atoms with Gasteiger partial charge in [0.25, 0.3) is 0 Å². The molecule has 110 valence electrons. The number of carbonyl (C=O) groups is 1. The average Bonchev–Trinajstić information content (AvgIpc) is 2.87. The van der Waals surface area contributed by atoms with Crippen LogP contribution in [0.3, 0.4) is 0 Å². The van der Waals surface area contributed by atoms with Crippen LogP contribution in [0, 0.1) is 0 Å². The molecule has 3 atom stereocenters. The van der Waals surface area contributed by atoms with E-state index in [0.717, 1.165) is 12.0 Å². The SMILES string of the molecule is CC(O)CN(C)C(=O)NC1CCOC1c1ccccc1. The van der Waals surface area contributed by atoms with Gasteiger partial charge in [-0.2, -0.15) is 0 Å². The molecule has 1 heterocycles. The minimum atomic E-state index is -0.532. The van der Waals surface area contributed by atoms with E-state index < -0.39 is 6.10 Å². The number of hydrogen-bond donors (Lipinski definition) is 2. The molecule has 0 bridgehead atoms. The van der Waals surface area contributed by atoms with E-state index in [-0.39, 0.29) is 18.2 Å².